The predicted octanol–water partition coefficient (Wildman–Crippen LogP) is 4.23. The maximum absolute atomic E-state index is 14.1. The number of halogens is 1. The molecule has 0 atom stereocenters. The van der Waals surface area contributed by atoms with Crippen molar-refractivity contribution < 1.29 is 4.39 Å². The van der Waals surface area contributed by atoms with Crippen molar-refractivity contribution >= 4 is 34.2 Å². The van der Waals surface area contributed by atoms with Crippen LogP contribution in [0.2, 0.25) is 0 Å². The van der Waals surface area contributed by atoms with Gasteiger partial charge in [0.25, 0.3) is 0 Å². The van der Waals surface area contributed by atoms with Crippen molar-refractivity contribution in [3.63, 3.8) is 0 Å². The zero-order valence-corrected chi connectivity index (χ0v) is 11.6. The van der Waals surface area contributed by atoms with Crippen LogP contribution in [-0.2, 0) is 0 Å². The van der Waals surface area contributed by atoms with Crippen molar-refractivity contribution in [1.29, 1.82) is 0 Å². The Balaban J connectivity index is 2.17. The number of nitrogens with one attached hydrogen (secondary N) is 1. The molecule has 20 heavy (non-hydrogen) atoms. The highest BCUT2D eigenvalue weighted by Gasteiger charge is 2.11. The molecule has 3 rings (SSSR count). The molecule has 0 spiro atoms. The maximum Gasteiger partial charge on any atom is 0.189 e. The molecule has 1 heterocycles. The van der Waals surface area contributed by atoms with E-state index in [1.54, 1.807) is 12.1 Å². The minimum absolute atomic E-state index is 0.325. The van der Waals surface area contributed by atoms with Crippen LogP contribution in [0.25, 0.3) is 10.9 Å². The SMILES string of the molecule is CSc1nc(Nc2ccccc2)c2c(F)cccc2n1. The second-order valence-corrected chi connectivity index (χ2v) is 4.96. The monoisotopic (exact) mass is 285 g/mol. The van der Waals surface area contributed by atoms with Gasteiger partial charge in [-0.3, -0.25) is 0 Å². The summed E-state index contributed by atoms with van der Waals surface area (Å²) in [5.41, 5.74) is 1.46. The molecule has 0 aliphatic rings. The van der Waals surface area contributed by atoms with E-state index in [0.717, 1.165) is 5.69 Å². The molecule has 0 amide bonds. The van der Waals surface area contributed by atoms with Gasteiger partial charge in [-0.2, -0.15) is 0 Å². The lowest BCUT2D eigenvalue weighted by Crippen LogP contribution is -1.99. The molecule has 1 aromatic heterocycles. The van der Waals surface area contributed by atoms with Gasteiger partial charge < -0.3 is 5.32 Å². The molecule has 0 saturated heterocycles. The summed E-state index contributed by atoms with van der Waals surface area (Å²) in [7, 11) is 0. The number of benzene rings is 2. The fourth-order valence-electron chi connectivity index (χ4n) is 1.96. The van der Waals surface area contributed by atoms with Gasteiger partial charge in [-0.25, -0.2) is 14.4 Å². The van der Waals surface area contributed by atoms with Gasteiger partial charge in [0.1, 0.15) is 11.6 Å². The van der Waals surface area contributed by atoms with E-state index < -0.39 is 0 Å². The lowest BCUT2D eigenvalue weighted by Gasteiger charge is -2.10. The lowest BCUT2D eigenvalue weighted by atomic mass is 10.2. The fourth-order valence-corrected chi connectivity index (χ4v) is 2.33. The Hall–Kier alpha value is -2.14. The quantitative estimate of drug-likeness (QED) is 0.577. The number of hydrogen-bond donors (Lipinski definition) is 1. The van der Waals surface area contributed by atoms with Crippen molar-refractivity contribution in [3.05, 3.63) is 54.3 Å². The van der Waals surface area contributed by atoms with Crippen LogP contribution in [0.15, 0.2) is 53.7 Å². The normalized spacial score (nSPS) is 10.7. The van der Waals surface area contributed by atoms with Crippen LogP contribution in [-0.4, -0.2) is 16.2 Å². The Bertz CT molecular complexity index is 747. The topological polar surface area (TPSA) is 37.8 Å². The van der Waals surface area contributed by atoms with Gasteiger partial charge in [0, 0.05) is 5.69 Å². The molecule has 0 fully saturated rings. The molecule has 0 bridgehead atoms. The third kappa shape index (κ3) is 2.44. The summed E-state index contributed by atoms with van der Waals surface area (Å²) in [6.45, 7) is 0. The third-order valence-corrected chi connectivity index (χ3v) is 3.42. The van der Waals surface area contributed by atoms with Gasteiger partial charge in [0.2, 0.25) is 0 Å². The minimum Gasteiger partial charge on any atom is -0.339 e. The lowest BCUT2D eigenvalue weighted by molar-refractivity contribution is 0.639. The van der Waals surface area contributed by atoms with E-state index in [1.165, 1.54) is 17.8 Å². The van der Waals surface area contributed by atoms with E-state index in [0.29, 0.717) is 21.9 Å². The summed E-state index contributed by atoms with van der Waals surface area (Å²) < 4.78 is 14.1. The number of anilines is 2. The zero-order chi connectivity index (χ0) is 13.9. The molecule has 3 nitrogen and oxygen atoms in total. The Morgan fingerprint density at radius 3 is 2.55 bits per heavy atom. The molecular formula is C15H12FN3S. The molecule has 0 aliphatic heterocycles. The van der Waals surface area contributed by atoms with Crippen LogP contribution < -0.4 is 5.32 Å². The molecule has 100 valence electrons. The molecule has 5 heteroatoms. The van der Waals surface area contributed by atoms with Gasteiger partial charge in [-0.05, 0) is 30.5 Å². The van der Waals surface area contributed by atoms with Crippen molar-refractivity contribution in [1.82, 2.24) is 9.97 Å². The first-order valence-corrected chi connectivity index (χ1v) is 7.33. The van der Waals surface area contributed by atoms with Crippen LogP contribution in [0.3, 0.4) is 0 Å². The Morgan fingerprint density at radius 1 is 1.00 bits per heavy atom. The van der Waals surface area contributed by atoms with E-state index >= 15 is 0 Å². The molecule has 0 unspecified atom stereocenters. The van der Waals surface area contributed by atoms with Gasteiger partial charge in [-0.1, -0.05) is 36.0 Å². The largest absolute Gasteiger partial charge is 0.339 e. The molecule has 0 aliphatic carbocycles. The summed E-state index contributed by atoms with van der Waals surface area (Å²) in [5.74, 6) is 0.164. The molecule has 0 radical (unpaired) electrons. The highest BCUT2D eigenvalue weighted by molar-refractivity contribution is 7.98. The first-order valence-electron chi connectivity index (χ1n) is 6.10. The molecular weight excluding hydrogens is 273 g/mol. The summed E-state index contributed by atoms with van der Waals surface area (Å²) in [6, 6.07) is 14.4. The van der Waals surface area contributed by atoms with Crippen molar-refractivity contribution in [3.8, 4) is 0 Å². The van der Waals surface area contributed by atoms with E-state index in [2.05, 4.69) is 15.3 Å². The second-order valence-electron chi connectivity index (χ2n) is 4.18. The van der Waals surface area contributed by atoms with Crippen LogP contribution in [0, 0.1) is 5.82 Å². The number of fused-ring (bicyclic) bond motifs is 1. The van der Waals surface area contributed by atoms with Crippen molar-refractivity contribution in [2.75, 3.05) is 11.6 Å². The second kappa shape index (κ2) is 5.46. The van der Waals surface area contributed by atoms with Crippen LogP contribution in [0.5, 0.6) is 0 Å². The van der Waals surface area contributed by atoms with E-state index in [9.17, 15) is 4.39 Å². The average molecular weight is 285 g/mol. The molecule has 3 aromatic rings. The number of aromatic nitrogens is 2. The maximum atomic E-state index is 14.1. The Labute approximate surface area is 120 Å². The number of rotatable bonds is 3. The van der Waals surface area contributed by atoms with E-state index in [-0.39, 0.29) is 5.82 Å². The zero-order valence-electron chi connectivity index (χ0n) is 10.8. The standard InChI is InChI=1S/C15H12FN3S/c1-20-15-18-12-9-5-8-11(16)13(12)14(19-15)17-10-6-3-2-4-7-10/h2-9H,1H3,(H,17,18,19). The van der Waals surface area contributed by atoms with Crippen molar-refractivity contribution in [2.24, 2.45) is 0 Å². The minimum atomic E-state index is -0.325. The average Bonchev–Trinajstić information content (AvgIpc) is 2.48. The van der Waals surface area contributed by atoms with Crippen LogP contribution in [0.4, 0.5) is 15.9 Å². The van der Waals surface area contributed by atoms with Crippen LogP contribution in [0.1, 0.15) is 0 Å². The molecule has 1 N–H and O–H groups in total. The van der Waals surface area contributed by atoms with E-state index in [1.807, 2.05) is 36.6 Å². The van der Waals surface area contributed by atoms with Gasteiger partial charge in [0.05, 0.1) is 10.9 Å². The van der Waals surface area contributed by atoms with Crippen LogP contribution >= 0.6 is 11.8 Å². The number of para-hydroxylation sites is 1. The first kappa shape index (κ1) is 12.9. The Kier molecular flexibility index (Phi) is 3.52. The van der Waals surface area contributed by atoms with Gasteiger partial charge >= 0.3 is 0 Å². The first-order chi connectivity index (χ1) is 9.78. The van der Waals surface area contributed by atoms with Gasteiger partial charge in [0.15, 0.2) is 5.16 Å². The molecule has 0 saturated carbocycles. The number of nitrogens with zero attached hydrogens (tertiary/aromatic N) is 2. The smallest absolute Gasteiger partial charge is 0.189 e. The Morgan fingerprint density at radius 2 is 1.80 bits per heavy atom. The van der Waals surface area contributed by atoms with E-state index in [4.69, 9.17) is 0 Å². The number of thioether (sulfide) groups is 1. The predicted molar refractivity (Wildman–Crippen MR) is 81.0 cm³/mol. The summed E-state index contributed by atoms with van der Waals surface area (Å²) in [5, 5.41) is 4.18. The highest BCUT2D eigenvalue weighted by Crippen LogP contribution is 2.28. The van der Waals surface area contributed by atoms with Gasteiger partial charge in [-0.15, -0.1) is 0 Å². The summed E-state index contributed by atoms with van der Waals surface area (Å²) in [4.78, 5) is 8.70. The van der Waals surface area contributed by atoms with Crippen molar-refractivity contribution in [2.45, 2.75) is 5.16 Å². The molecule has 2 aromatic carbocycles. The number of hydrogen-bond acceptors (Lipinski definition) is 4. The summed E-state index contributed by atoms with van der Waals surface area (Å²) >= 11 is 1.43. The summed E-state index contributed by atoms with van der Waals surface area (Å²) in [6.07, 6.45) is 1.90. The highest BCUT2D eigenvalue weighted by atomic mass is 32.2. The third-order valence-electron chi connectivity index (χ3n) is 2.87. The fraction of sp³-hybridized carbons (Fsp3) is 0.0667.